The fourth-order valence-electron chi connectivity index (χ4n) is 7.49. The number of carboxylic acids is 1. The molecule has 158 valence electrons. The summed E-state index contributed by atoms with van der Waals surface area (Å²) in [7, 11) is 1.65. The highest BCUT2D eigenvalue weighted by molar-refractivity contribution is 6.09. The molecule has 0 radical (unpaired) electrons. The van der Waals surface area contributed by atoms with Gasteiger partial charge in [0.15, 0.2) is 0 Å². The topological polar surface area (TPSA) is 46.5 Å². The second kappa shape index (κ2) is 6.85. The molecule has 4 saturated carbocycles. The first-order chi connectivity index (χ1) is 15.1. The van der Waals surface area contributed by atoms with Crippen LogP contribution < -0.4 is 4.74 Å². The zero-order valence-corrected chi connectivity index (χ0v) is 17.9. The van der Waals surface area contributed by atoms with Gasteiger partial charge in [0.05, 0.1) is 12.7 Å². The predicted molar refractivity (Wildman–Crippen MR) is 123 cm³/mol. The van der Waals surface area contributed by atoms with E-state index in [1.165, 1.54) is 19.3 Å². The highest BCUT2D eigenvalue weighted by atomic mass is 16.5. The van der Waals surface area contributed by atoms with Crippen LogP contribution in [-0.2, 0) is 5.41 Å². The van der Waals surface area contributed by atoms with Crippen molar-refractivity contribution in [2.24, 2.45) is 17.8 Å². The SMILES string of the molecule is COc1ccc(-c2c(C(=O)O)c(C34CC5CC(CC(C5)C3)C4)cc3ccccc23)cc1. The van der Waals surface area contributed by atoms with Crippen molar-refractivity contribution < 1.29 is 14.6 Å². The lowest BCUT2D eigenvalue weighted by Gasteiger charge is -2.57. The highest BCUT2D eigenvalue weighted by Crippen LogP contribution is 2.62. The molecule has 0 heterocycles. The van der Waals surface area contributed by atoms with Gasteiger partial charge in [-0.3, -0.25) is 0 Å². The third kappa shape index (κ3) is 2.90. The van der Waals surface area contributed by atoms with Crippen LogP contribution in [0.3, 0.4) is 0 Å². The van der Waals surface area contributed by atoms with Gasteiger partial charge in [0, 0.05) is 5.56 Å². The molecule has 0 atom stereocenters. The number of aromatic carboxylic acids is 1. The van der Waals surface area contributed by atoms with E-state index in [0.29, 0.717) is 5.56 Å². The fourth-order valence-corrected chi connectivity index (χ4v) is 7.49. The average Bonchev–Trinajstić information content (AvgIpc) is 2.77. The van der Waals surface area contributed by atoms with Gasteiger partial charge >= 0.3 is 5.97 Å². The Balaban J connectivity index is 1.64. The van der Waals surface area contributed by atoms with Crippen LogP contribution in [0.15, 0.2) is 54.6 Å². The van der Waals surface area contributed by atoms with Crippen molar-refractivity contribution in [2.75, 3.05) is 7.11 Å². The van der Waals surface area contributed by atoms with Crippen LogP contribution in [0.5, 0.6) is 5.75 Å². The summed E-state index contributed by atoms with van der Waals surface area (Å²) in [5.74, 6) is 2.28. The van der Waals surface area contributed by atoms with E-state index in [1.54, 1.807) is 7.11 Å². The molecule has 3 aromatic carbocycles. The fraction of sp³-hybridized carbons (Fsp3) is 0.393. The Morgan fingerprint density at radius 2 is 1.55 bits per heavy atom. The number of carboxylic acid groups (broad SMARTS) is 1. The third-order valence-corrected chi connectivity index (χ3v) is 8.25. The largest absolute Gasteiger partial charge is 0.497 e. The van der Waals surface area contributed by atoms with E-state index in [4.69, 9.17) is 4.74 Å². The highest BCUT2D eigenvalue weighted by Gasteiger charge is 2.52. The molecular weight excluding hydrogens is 384 g/mol. The summed E-state index contributed by atoms with van der Waals surface area (Å²) in [6.07, 6.45) is 7.50. The van der Waals surface area contributed by atoms with Crippen LogP contribution in [0.1, 0.15) is 54.4 Å². The van der Waals surface area contributed by atoms with Crippen LogP contribution in [0, 0.1) is 17.8 Å². The second-order valence-corrected chi connectivity index (χ2v) is 10.1. The van der Waals surface area contributed by atoms with Crippen molar-refractivity contribution in [1.29, 1.82) is 0 Å². The molecule has 3 aromatic rings. The quantitative estimate of drug-likeness (QED) is 0.520. The summed E-state index contributed by atoms with van der Waals surface area (Å²) in [5, 5.41) is 12.7. The number of methoxy groups -OCH3 is 1. The Bertz CT molecular complexity index is 1140. The van der Waals surface area contributed by atoms with Gasteiger partial charge in [-0.2, -0.15) is 0 Å². The molecule has 3 nitrogen and oxygen atoms in total. The van der Waals surface area contributed by atoms with Gasteiger partial charge in [-0.1, -0.05) is 36.4 Å². The van der Waals surface area contributed by atoms with Crippen molar-refractivity contribution in [2.45, 2.75) is 43.9 Å². The molecule has 4 aliphatic carbocycles. The van der Waals surface area contributed by atoms with Crippen LogP contribution in [0.2, 0.25) is 0 Å². The lowest BCUT2D eigenvalue weighted by Crippen LogP contribution is -2.49. The number of hydrogen-bond acceptors (Lipinski definition) is 2. The van der Waals surface area contributed by atoms with Crippen molar-refractivity contribution in [3.63, 3.8) is 0 Å². The van der Waals surface area contributed by atoms with Gasteiger partial charge in [-0.25, -0.2) is 4.79 Å². The lowest BCUT2D eigenvalue weighted by molar-refractivity contribution is -0.00573. The van der Waals surface area contributed by atoms with E-state index in [0.717, 1.165) is 70.2 Å². The first-order valence-corrected chi connectivity index (χ1v) is 11.5. The molecule has 7 rings (SSSR count). The number of ether oxygens (including phenoxy) is 1. The first kappa shape index (κ1) is 18.9. The Morgan fingerprint density at radius 1 is 0.935 bits per heavy atom. The first-order valence-electron chi connectivity index (χ1n) is 11.5. The maximum absolute atomic E-state index is 12.9. The van der Waals surface area contributed by atoms with Gasteiger partial charge in [0.25, 0.3) is 0 Å². The Hall–Kier alpha value is -2.81. The number of hydrogen-bond donors (Lipinski definition) is 1. The number of fused-ring (bicyclic) bond motifs is 1. The van der Waals surface area contributed by atoms with E-state index in [1.807, 2.05) is 30.3 Å². The summed E-state index contributed by atoms with van der Waals surface area (Å²) >= 11 is 0. The normalized spacial score (nSPS) is 28.7. The molecule has 0 unspecified atom stereocenters. The van der Waals surface area contributed by atoms with E-state index in [2.05, 4.69) is 24.3 Å². The van der Waals surface area contributed by atoms with Crippen molar-refractivity contribution in [3.8, 4) is 16.9 Å². The lowest BCUT2D eigenvalue weighted by atomic mass is 9.47. The zero-order valence-electron chi connectivity index (χ0n) is 17.9. The maximum Gasteiger partial charge on any atom is 0.336 e. The Kier molecular flexibility index (Phi) is 4.18. The molecule has 0 spiro atoms. The third-order valence-electron chi connectivity index (χ3n) is 8.25. The predicted octanol–water partition coefficient (Wildman–Crippen LogP) is 6.68. The zero-order chi connectivity index (χ0) is 21.2. The number of benzene rings is 3. The van der Waals surface area contributed by atoms with Crippen molar-refractivity contribution in [3.05, 3.63) is 65.7 Å². The minimum atomic E-state index is -0.803. The van der Waals surface area contributed by atoms with E-state index in [9.17, 15) is 9.90 Å². The van der Waals surface area contributed by atoms with Gasteiger partial charge in [-0.05, 0) is 102 Å². The maximum atomic E-state index is 12.9. The van der Waals surface area contributed by atoms with Crippen molar-refractivity contribution in [1.82, 2.24) is 0 Å². The number of carbonyl (C=O) groups is 1. The van der Waals surface area contributed by atoms with Crippen LogP contribution >= 0.6 is 0 Å². The monoisotopic (exact) mass is 412 g/mol. The van der Waals surface area contributed by atoms with E-state index in [-0.39, 0.29) is 5.41 Å². The summed E-state index contributed by atoms with van der Waals surface area (Å²) < 4.78 is 5.34. The van der Waals surface area contributed by atoms with E-state index < -0.39 is 5.97 Å². The number of rotatable bonds is 4. The molecule has 4 aliphatic rings. The molecule has 0 aliphatic heterocycles. The van der Waals surface area contributed by atoms with E-state index >= 15 is 0 Å². The molecule has 4 fully saturated rings. The summed E-state index contributed by atoms with van der Waals surface area (Å²) in [5.41, 5.74) is 3.43. The minimum Gasteiger partial charge on any atom is -0.497 e. The standard InChI is InChI=1S/C28H28O3/c1-31-22-8-6-20(7-9-22)25-23-5-3-2-4-21(23)13-24(26(25)27(29)30)28-14-17-10-18(15-28)12-19(11-17)16-28/h2-9,13,17-19H,10-12,14-16H2,1H3,(H,29,30). The van der Waals surface area contributed by atoms with Crippen LogP contribution in [0.4, 0.5) is 0 Å². The Morgan fingerprint density at radius 3 is 2.13 bits per heavy atom. The summed E-state index contributed by atoms with van der Waals surface area (Å²) in [6, 6.07) is 18.3. The van der Waals surface area contributed by atoms with Gasteiger partial charge in [0.2, 0.25) is 0 Å². The molecule has 3 heteroatoms. The molecule has 0 aromatic heterocycles. The molecule has 31 heavy (non-hydrogen) atoms. The summed E-state index contributed by atoms with van der Waals surface area (Å²) in [6.45, 7) is 0. The average molecular weight is 413 g/mol. The molecule has 0 saturated heterocycles. The molecule has 1 N–H and O–H groups in total. The van der Waals surface area contributed by atoms with Gasteiger partial charge in [-0.15, -0.1) is 0 Å². The second-order valence-electron chi connectivity index (χ2n) is 10.1. The van der Waals surface area contributed by atoms with Crippen LogP contribution in [-0.4, -0.2) is 18.2 Å². The minimum absolute atomic E-state index is 0.0216. The van der Waals surface area contributed by atoms with Gasteiger partial charge < -0.3 is 9.84 Å². The van der Waals surface area contributed by atoms with Crippen LogP contribution in [0.25, 0.3) is 21.9 Å². The Labute approximate surface area is 183 Å². The molecule has 4 bridgehead atoms. The molecule has 0 amide bonds. The van der Waals surface area contributed by atoms with Crippen molar-refractivity contribution >= 4 is 16.7 Å². The molecular formula is C28H28O3. The van der Waals surface area contributed by atoms with Gasteiger partial charge in [0.1, 0.15) is 5.75 Å². The summed E-state index contributed by atoms with van der Waals surface area (Å²) in [4.78, 5) is 12.9. The smallest absolute Gasteiger partial charge is 0.336 e.